The van der Waals surface area contributed by atoms with Crippen LogP contribution in [0.15, 0.2) is 42.5 Å². The van der Waals surface area contributed by atoms with Crippen molar-refractivity contribution in [2.24, 2.45) is 0 Å². The molecule has 9 heteroatoms. The van der Waals surface area contributed by atoms with Crippen molar-refractivity contribution in [3.63, 3.8) is 0 Å². The highest BCUT2D eigenvalue weighted by Crippen LogP contribution is 2.27. The van der Waals surface area contributed by atoms with E-state index < -0.39 is 29.2 Å². The number of anilines is 1. The first kappa shape index (κ1) is 16.6. The molecule has 0 saturated heterocycles. The van der Waals surface area contributed by atoms with Gasteiger partial charge in [0.2, 0.25) is 0 Å². The average Bonchev–Trinajstić information content (AvgIpc) is 2.53. The smallest absolute Gasteiger partial charge is 0.423 e. The highest BCUT2D eigenvalue weighted by molar-refractivity contribution is 6.58. The molecule has 7 nitrogen and oxygen atoms in total. The summed E-state index contributed by atoms with van der Waals surface area (Å²) < 4.78 is 13.4. The maximum atomic E-state index is 13.4. The standard InChI is InChI=1S/C14H12BFN2O5/c1-17(12-4-2-3-5-13(12)18(22)23)14(19)9-6-7-11(16)10(8-9)15(20)21/h2-8,20-21H,1H3. The van der Waals surface area contributed by atoms with Crippen molar-refractivity contribution in [3.8, 4) is 0 Å². The van der Waals surface area contributed by atoms with E-state index in [1.54, 1.807) is 6.07 Å². The molecule has 2 aromatic carbocycles. The van der Waals surface area contributed by atoms with Crippen LogP contribution in [0.4, 0.5) is 15.8 Å². The van der Waals surface area contributed by atoms with Gasteiger partial charge in [0, 0.05) is 24.1 Å². The third-order valence-corrected chi connectivity index (χ3v) is 3.27. The third kappa shape index (κ3) is 3.36. The number of carbonyl (C=O) groups is 1. The molecule has 0 aliphatic rings. The normalized spacial score (nSPS) is 10.3. The number of rotatable bonds is 4. The molecule has 0 saturated carbocycles. The van der Waals surface area contributed by atoms with Crippen LogP contribution in [0.1, 0.15) is 10.4 Å². The lowest BCUT2D eigenvalue weighted by molar-refractivity contribution is -0.384. The van der Waals surface area contributed by atoms with E-state index in [1.165, 1.54) is 25.2 Å². The summed E-state index contributed by atoms with van der Waals surface area (Å²) in [5, 5.41) is 29.2. The molecular weight excluding hydrogens is 306 g/mol. The number of benzene rings is 2. The van der Waals surface area contributed by atoms with Crippen LogP contribution in [0.25, 0.3) is 0 Å². The number of hydrogen-bond acceptors (Lipinski definition) is 5. The lowest BCUT2D eigenvalue weighted by Gasteiger charge is -2.17. The summed E-state index contributed by atoms with van der Waals surface area (Å²) in [6.07, 6.45) is 0. The molecule has 0 fully saturated rings. The lowest BCUT2D eigenvalue weighted by Crippen LogP contribution is -2.35. The molecule has 2 rings (SSSR count). The predicted octanol–water partition coefficient (Wildman–Crippen LogP) is 0.690. The minimum Gasteiger partial charge on any atom is -0.423 e. The van der Waals surface area contributed by atoms with Crippen molar-refractivity contribution in [1.82, 2.24) is 0 Å². The van der Waals surface area contributed by atoms with Gasteiger partial charge in [0.15, 0.2) is 0 Å². The maximum absolute atomic E-state index is 13.4. The molecule has 0 aromatic heterocycles. The van der Waals surface area contributed by atoms with Crippen molar-refractivity contribution in [3.05, 3.63) is 64.0 Å². The zero-order valence-electron chi connectivity index (χ0n) is 12.0. The van der Waals surface area contributed by atoms with Gasteiger partial charge >= 0.3 is 7.12 Å². The Hall–Kier alpha value is -2.78. The monoisotopic (exact) mass is 318 g/mol. The number of amides is 1. The van der Waals surface area contributed by atoms with Gasteiger partial charge in [-0.1, -0.05) is 12.1 Å². The van der Waals surface area contributed by atoms with Gasteiger partial charge in [-0.25, -0.2) is 4.39 Å². The molecular formula is C14H12BFN2O5. The lowest BCUT2D eigenvalue weighted by atomic mass is 9.79. The van der Waals surface area contributed by atoms with Gasteiger partial charge in [-0.15, -0.1) is 0 Å². The number of para-hydroxylation sites is 2. The van der Waals surface area contributed by atoms with Gasteiger partial charge in [0.25, 0.3) is 11.6 Å². The van der Waals surface area contributed by atoms with Crippen molar-refractivity contribution >= 4 is 29.9 Å². The summed E-state index contributed by atoms with van der Waals surface area (Å²) in [5.41, 5.74) is -0.673. The van der Waals surface area contributed by atoms with Gasteiger partial charge in [-0.2, -0.15) is 0 Å². The van der Waals surface area contributed by atoms with E-state index in [2.05, 4.69) is 0 Å². The number of nitrogens with zero attached hydrogens (tertiary/aromatic N) is 2. The minimum atomic E-state index is -2.07. The van der Waals surface area contributed by atoms with Crippen LogP contribution in [-0.2, 0) is 0 Å². The van der Waals surface area contributed by atoms with E-state index in [4.69, 9.17) is 10.0 Å². The Morgan fingerprint density at radius 1 is 1.26 bits per heavy atom. The van der Waals surface area contributed by atoms with E-state index in [1.807, 2.05) is 0 Å². The van der Waals surface area contributed by atoms with Crippen LogP contribution in [0.3, 0.4) is 0 Å². The Morgan fingerprint density at radius 3 is 2.52 bits per heavy atom. The highest BCUT2D eigenvalue weighted by atomic mass is 19.1. The van der Waals surface area contributed by atoms with Crippen LogP contribution in [0.5, 0.6) is 0 Å². The second kappa shape index (κ2) is 6.55. The fraction of sp³-hybridized carbons (Fsp3) is 0.0714. The second-order valence-electron chi connectivity index (χ2n) is 4.72. The maximum Gasteiger partial charge on any atom is 0.491 e. The van der Waals surface area contributed by atoms with Gasteiger partial charge in [0.1, 0.15) is 11.5 Å². The summed E-state index contributed by atoms with van der Waals surface area (Å²) in [5.74, 6) is -1.52. The van der Waals surface area contributed by atoms with E-state index in [9.17, 15) is 19.3 Å². The first-order valence-electron chi connectivity index (χ1n) is 6.50. The third-order valence-electron chi connectivity index (χ3n) is 3.27. The van der Waals surface area contributed by atoms with E-state index in [0.29, 0.717) is 0 Å². The van der Waals surface area contributed by atoms with E-state index >= 15 is 0 Å². The first-order valence-corrected chi connectivity index (χ1v) is 6.50. The van der Waals surface area contributed by atoms with Crippen LogP contribution < -0.4 is 10.4 Å². The number of nitro benzene ring substituents is 1. The molecule has 118 valence electrons. The fourth-order valence-corrected chi connectivity index (χ4v) is 2.08. The van der Waals surface area contributed by atoms with Crippen LogP contribution in [0.2, 0.25) is 0 Å². The molecule has 0 atom stereocenters. The summed E-state index contributed by atoms with van der Waals surface area (Å²) >= 11 is 0. The SMILES string of the molecule is CN(C(=O)c1ccc(F)c(B(O)O)c1)c1ccccc1[N+](=O)[O-]. The molecule has 0 unspecified atom stereocenters. The Bertz CT molecular complexity index is 769. The molecule has 0 radical (unpaired) electrons. The zero-order valence-corrected chi connectivity index (χ0v) is 12.0. The quantitative estimate of drug-likeness (QED) is 0.490. The fourth-order valence-electron chi connectivity index (χ4n) is 2.08. The Labute approximate surface area is 130 Å². The molecule has 2 aromatic rings. The van der Waals surface area contributed by atoms with Gasteiger partial charge in [-0.05, 0) is 24.3 Å². The second-order valence-corrected chi connectivity index (χ2v) is 4.72. The molecule has 0 bridgehead atoms. The van der Waals surface area contributed by atoms with Gasteiger partial charge in [0.05, 0.1) is 4.92 Å². The van der Waals surface area contributed by atoms with E-state index in [0.717, 1.165) is 23.1 Å². The van der Waals surface area contributed by atoms with Crippen molar-refractivity contribution < 1.29 is 24.2 Å². The van der Waals surface area contributed by atoms with Gasteiger partial charge in [-0.3, -0.25) is 14.9 Å². The molecule has 0 aliphatic carbocycles. The Kier molecular flexibility index (Phi) is 4.72. The molecule has 1 amide bonds. The predicted molar refractivity (Wildman–Crippen MR) is 82.1 cm³/mol. The van der Waals surface area contributed by atoms with Crippen LogP contribution >= 0.6 is 0 Å². The van der Waals surface area contributed by atoms with Crippen LogP contribution in [-0.4, -0.2) is 35.0 Å². The number of nitro groups is 1. The number of carbonyl (C=O) groups excluding carboxylic acids is 1. The molecule has 0 aliphatic heterocycles. The zero-order chi connectivity index (χ0) is 17.1. The van der Waals surface area contributed by atoms with Crippen molar-refractivity contribution in [2.45, 2.75) is 0 Å². The molecule has 0 spiro atoms. The van der Waals surface area contributed by atoms with Crippen molar-refractivity contribution in [2.75, 3.05) is 11.9 Å². The molecule has 0 heterocycles. The Morgan fingerprint density at radius 2 is 1.91 bits per heavy atom. The van der Waals surface area contributed by atoms with Gasteiger partial charge < -0.3 is 14.9 Å². The molecule has 23 heavy (non-hydrogen) atoms. The first-order chi connectivity index (χ1) is 10.8. The van der Waals surface area contributed by atoms with Crippen molar-refractivity contribution in [1.29, 1.82) is 0 Å². The number of halogens is 1. The Balaban J connectivity index is 2.41. The average molecular weight is 318 g/mol. The largest absolute Gasteiger partial charge is 0.491 e. The minimum absolute atomic E-state index is 0.0323. The van der Waals surface area contributed by atoms with E-state index in [-0.39, 0.29) is 16.9 Å². The summed E-state index contributed by atoms with van der Waals surface area (Å²) in [6.45, 7) is 0. The summed E-state index contributed by atoms with van der Waals surface area (Å²) in [6, 6.07) is 8.75. The molecule has 2 N–H and O–H groups in total. The van der Waals surface area contributed by atoms with Crippen LogP contribution in [0, 0.1) is 15.9 Å². The summed E-state index contributed by atoms with van der Waals surface area (Å²) in [7, 11) is -0.734. The topological polar surface area (TPSA) is 104 Å². The highest BCUT2D eigenvalue weighted by Gasteiger charge is 2.24. The summed E-state index contributed by atoms with van der Waals surface area (Å²) in [4.78, 5) is 23.9. The number of hydrogen-bond donors (Lipinski definition) is 2.